The third-order valence-electron chi connectivity index (χ3n) is 2.39. The lowest BCUT2D eigenvalue weighted by Gasteiger charge is -2.11. The number of carbonyl (C=O) groups is 2. The summed E-state index contributed by atoms with van der Waals surface area (Å²) in [4.78, 5) is 21.9. The van der Waals surface area contributed by atoms with E-state index in [1.165, 1.54) is 0 Å². The van der Waals surface area contributed by atoms with Crippen molar-refractivity contribution >= 4 is 11.9 Å². The van der Waals surface area contributed by atoms with E-state index in [0.717, 1.165) is 0 Å². The Morgan fingerprint density at radius 3 is 2.11 bits per heavy atom. The minimum atomic E-state index is -3.46. The van der Waals surface area contributed by atoms with Gasteiger partial charge in [-0.15, -0.1) is 0 Å². The van der Waals surface area contributed by atoms with E-state index in [9.17, 15) is 18.4 Å². The Hall–Kier alpha value is -1.20. The van der Waals surface area contributed by atoms with Gasteiger partial charge in [-0.1, -0.05) is 13.8 Å². The van der Waals surface area contributed by atoms with Gasteiger partial charge in [-0.25, -0.2) is 4.79 Å². The molecule has 0 saturated carbocycles. The molecule has 1 unspecified atom stereocenters. The molecule has 0 aromatic heterocycles. The van der Waals surface area contributed by atoms with Crippen LogP contribution in [0.25, 0.3) is 0 Å². The predicted molar refractivity (Wildman–Crippen MR) is 61.2 cm³/mol. The van der Waals surface area contributed by atoms with Crippen molar-refractivity contribution in [1.82, 2.24) is 0 Å². The first-order chi connectivity index (χ1) is 8.29. The maximum atomic E-state index is 12.4. The van der Waals surface area contributed by atoms with Gasteiger partial charge >= 0.3 is 17.9 Å². The highest BCUT2D eigenvalue weighted by molar-refractivity contribution is 5.76. The second-order valence-corrected chi connectivity index (χ2v) is 4.21. The van der Waals surface area contributed by atoms with Gasteiger partial charge in [0.15, 0.2) is 0 Å². The fourth-order valence-electron chi connectivity index (χ4n) is 0.977. The Morgan fingerprint density at radius 2 is 1.67 bits per heavy atom. The van der Waals surface area contributed by atoms with Crippen LogP contribution in [0.4, 0.5) is 8.78 Å². The molecule has 0 radical (unpaired) electrons. The lowest BCUT2D eigenvalue weighted by molar-refractivity contribution is -0.169. The van der Waals surface area contributed by atoms with Gasteiger partial charge in [0.25, 0.3) is 0 Å². The summed E-state index contributed by atoms with van der Waals surface area (Å²) in [6.07, 6.45) is 1.57. The van der Waals surface area contributed by atoms with Crippen LogP contribution in [0.1, 0.15) is 40.0 Å². The Bertz CT molecular complexity index is 274. The van der Waals surface area contributed by atoms with Crippen molar-refractivity contribution in [3.63, 3.8) is 0 Å². The maximum Gasteiger partial charge on any atom is 0.376 e. The van der Waals surface area contributed by atoms with Gasteiger partial charge < -0.3 is 9.47 Å². The van der Waals surface area contributed by atoms with Crippen molar-refractivity contribution in [3.05, 3.63) is 0 Å². The van der Waals surface area contributed by atoms with Crippen LogP contribution in [0.5, 0.6) is 0 Å². The summed E-state index contributed by atoms with van der Waals surface area (Å²) in [5, 5.41) is 0. The Balaban J connectivity index is 3.53. The normalized spacial score (nSPS) is 12.9. The lowest BCUT2D eigenvalue weighted by Crippen LogP contribution is -2.27. The zero-order chi connectivity index (χ0) is 14.2. The summed E-state index contributed by atoms with van der Waals surface area (Å²) < 4.78 is 34.1. The van der Waals surface area contributed by atoms with Crippen molar-refractivity contribution in [2.75, 3.05) is 13.2 Å². The summed E-state index contributed by atoms with van der Waals surface area (Å²) >= 11 is 0. The molecule has 0 aliphatic rings. The third kappa shape index (κ3) is 7.19. The fourth-order valence-corrected chi connectivity index (χ4v) is 0.977. The zero-order valence-corrected chi connectivity index (χ0v) is 11.0. The van der Waals surface area contributed by atoms with Gasteiger partial charge in [0.2, 0.25) is 0 Å². The lowest BCUT2D eigenvalue weighted by atomic mass is 10.1. The first kappa shape index (κ1) is 16.8. The van der Waals surface area contributed by atoms with Crippen LogP contribution < -0.4 is 0 Å². The van der Waals surface area contributed by atoms with Crippen molar-refractivity contribution in [1.29, 1.82) is 0 Å². The SMILES string of the molecule is CCC(C)C(=O)OCCCCOC(=O)C(C)(F)F. The largest absolute Gasteiger partial charge is 0.465 e. The van der Waals surface area contributed by atoms with E-state index in [-0.39, 0.29) is 25.1 Å². The molecule has 0 spiro atoms. The molecule has 0 saturated heterocycles. The molecule has 106 valence electrons. The fraction of sp³-hybridized carbons (Fsp3) is 0.833. The number of alkyl halides is 2. The number of unbranched alkanes of at least 4 members (excludes halogenated alkanes) is 1. The van der Waals surface area contributed by atoms with Crippen LogP contribution in [-0.4, -0.2) is 31.1 Å². The molecule has 18 heavy (non-hydrogen) atoms. The first-order valence-corrected chi connectivity index (χ1v) is 6.00. The van der Waals surface area contributed by atoms with E-state index in [1.54, 1.807) is 6.92 Å². The third-order valence-corrected chi connectivity index (χ3v) is 2.39. The average Bonchev–Trinajstić information content (AvgIpc) is 2.30. The number of rotatable bonds is 8. The van der Waals surface area contributed by atoms with E-state index in [1.807, 2.05) is 6.92 Å². The van der Waals surface area contributed by atoms with Crippen molar-refractivity contribution in [2.24, 2.45) is 5.92 Å². The minimum absolute atomic E-state index is 0.0941. The van der Waals surface area contributed by atoms with E-state index >= 15 is 0 Å². The number of hydrogen-bond acceptors (Lipinski definition) is 4. The molecule has 0 aliphatic heterocycles. The molecule has 0 aromatic rings. The topological polar surface area (TPSA) is 52.6 Å². The number of hydrogen-bond donors (Lipinski definition) is 0. The second-order valence-electron chi connectivity index (χ2n) is 4.21. The van der Waals surface area contributed by atoms with Gasteiger partial charge in [0.05, 0.1) is 19.1 Å². The summed E-state index contributed by atoms with van der Waals surface area (Å²) in [5.41, 5.74) is 0. The summed E-state index contributed by atoms with van der Waals surface area (Å²) in [5.74, 6) is -5.39. The highest BCUT2D eigenvalue weighted by atomic mass is 19.3. The van der Waals surface area contributed by atoms with Gasteiger partial charge in [-0.3, -0.25) is 4.79 Å². The Labute approximate surface area is 106 Å². The standard InChI is InChI=1S/C12H20F2O4/c1-4-9(2)10(15)17-7-5-6-8-18-11(16)12(3,13)14/h9H,4-8H2,1-3H3. The molecule has 0 bridgehead atoms. The van der Waals surface area contributed by atoms with Crippen LogP contribution in [0.3, 0.4) is 0 Å². The molecule has 4 nitrogen and oxygen atoms in total. The van der Waals surface area contributed by atoms with Crippen molar-refractivity contribution < 1.29 is 27.8 Å². The van der Waals surface area contributed by atoms with Crippen LogP contribution in [-0.2, 0) is 19.1 Å². The molecule has 0 heterocycles. The highest BCUT2D eigenvalue weighted by Crippen LogP contribution is 2.13. The quantitative estimate of drug-likeness (QED) is 0.500. The van der Waals surface area contributed by atoms with Crippen LogP contribution >= 0.6 is 0 Å². The maximum absolute atomic E-state index is 12.4. The minimum Gasteiger partial charge on any atom is -0.465 e. The summed E-state index contributed by atoms with van der Waals surface area (Å²) in [6, 6.07) is 0. The van der Waals surface area contributed by atoms with E-state index in [0.29, 0.717) is 26.2 Å². The van der Waals surface area contributed by atoms with Crippen molar-refractivity contribution in [2.45, 2.75) is 46.0 Å². The molecule has 6 heteroatoms. The van der Waals surface area contributed by atoms with Crippen LogP contribution in [0.15, 0.2) is 0 Å². The number of esters is 2. The molecule has 0 fully saturated rings. The molecule has 0 aliphatic carbocycles. The van der Waals surface area contributed by atoms with Gasteiger partial charge in [-0.2, -0.15) is 8.78 Å². The molecular formula is C12H20F2O4. The molecule has 0 aromatic carbocycles. The van der Waals surface area contributed by atoms with Crippen LogP contribution in [0.2, 0.25) is 0 Å². The Kier molecular flexibility index (Phi) is 7.47. The number of ether oxygens (including phenoxy) is 2. The molecule has 1 atom stereocenters. The first-order valence-electron chi connectivity index (χ1n) is 6.00. The average molecular weight is 266 g/mol. The number of halogens is 2. The molecular weight excluding hydrogens is 246 g/mol. The van der Waals surface area contributed by atoms with Crippen molar-refractivity contribution in [3.8, 4) is 0 Å². The van der Waals surface area contributed by atoms with Crippen LogP contribution in [0, 0.1) is 5.92 Å². The summed E-state index contributed by atoms with van der Waals surface area (Å²) in [7, 11) is 0. The monoisotopic (exact) mass is 266 g/mol. The smallest absolute Gasteiger partial charge is 0.376 e. The van der Waals surface area contributed by atoms with Gasteiger partial charge in [0, 0.05) is 6.92 Å². The zero-order valence-electron chi connectivity index (χ0n) is 11.0. The molecule has 0 amide bonds. The van der Waals surface area contributed by atoms with E-state index < -0.39 is 11.9 Å². The summed E-state index contributed by atoms with van der Waals surface area (Å²) in [6.45, 7) is 4.26. The van der Waals surface area contributed by atoms with Gasteiger partial charge in [0.1, 0.15) is 0 Å². The van der Waals surface area contributed by atoms with E-state index in [4.69, 9.17) is 4.74 Å². The predicted octanol–water partition coefficient (Wildman–Crippen LogP) is 2.55. The van der Waals surface area contributed by atoms with Gasteiger partial charge in [-0.05, 0) is 19.3 Å². The molecule has 0 N–H and O–H groups in total. The molecule has 0 rings (SSSR count). The second kappa shape index (κ2) is 8.00. The highest BCUT2D eigenvalue weighted by Gasteiger charge is 2.33. The number of carbonyl (C=O) groups excluding carboxylic acids is 2. The van der Waals surface area contributed by atoms with E-state index in [2.05, 4.69) is 4.74 Å². The Morgan fingerprint density at radius 1 is 1.17 bits per heavy atom.